The minimum atomic E-state index is 0.700. The smallest absolute Gasteiger partial charge is 0.0251 e. The van der Waals surface area contributed by atoms with Crippen LogP contribution in [0.25, 0.3) is 0 Å². The van der Waals surface area contributed by atoms with E-state index in [0.717, 1.165) is 29.8 Å². The molecule has 0 aromatic rings. The highest BCUT2D eigenvalue weighted by molar-refractivity contribution is 4.94. The van der Waals surface area contributed by atoms with Gasteiger partial charge in [0, 0.05) is 18.1 Å². The predicted molar refractivity (Wildman–Crippen MR) is 78.8 cm³/mol. The highest BCUT2D eigenvalue weighted by atomic mass is 15.2. The van der Waals surface area contributed by atoms with Gasteiger partial charge in [0.25, 0.3) is 0 Å². The second kappa shape index (κ2) is 5.92. The Morgan fingerprint density at radius 1 is 1.00 bits per heavy atom. The van der Waals surface area contributed by atoms with Gasteiger partial charge in [-0.25, -0.2) is 0 Å². The minimum Gasteiger partial charge on any atom is -0.315 e. The van der Waals surface area contributed by atoms with E-state index in [2.05, 4.69) is 45.1 Å². The number of nitrogens with one attached hydrogen (secondary N) is 1. The molecule has 0 aromatic carbocycles. The zero-order valence-corrected chi connectivity index (χ0v) is 12.9. The Labute approximate surface area is 114 Å². The number of rotatable bonds is 5. The molecule has 0 spiro atoms. The van der Waals surface area contributed by atoms with Gasteiger partial charge in [-0.05, 0) is 70.9 Å². The van der Waals surface area contributed by atoms with Gasteiger partial charge in [-0.15, -0.1) is 0 Å². The SMILES string of the molecule is CNC1CCC(C(C)C)CC1N(C)C(C)C1CC1. The van der Waals surface area contributed by atoms with Gasteiger partial charge in [0.2, 0.25) is 0 Å². The lowest BCUT2D eigenvalue weighted by Crippen LogP contribution is -2.54. The largest absolute Gasteiger partial charge is 0.315 e. The van der Waals surface area contributed by atoms with Crippen LogP contribution in [0.1, 0.15) is 52.9 Å². The summed E-state index contributed by atoms with van der Waals surface area (Å²) in [5, 5.41) is 3.57. The van der Waals surface area contributed by atoms with E-state index in [1.807, 2.05) is 0 Å². The van der Waals surface area contributed by atoms with Gasteiger partial charge in [-0.2, -0.15) is 0 Å². The molecule has 2 heteroatoms. The average Bonchev–Trinajstić information content (AvgIpc) is 3.20. The maximum atomic E-state index is 3.57. The van der Waals surface area contributed by atoms with Gasteiger partial charge in [-0.3, -0.25) is 4.90 Å². The van der Waals surface area contributed by atoms with E-state index in [-0.39, 0.29) is 0 Å². The van der Waals surface area contributed by atoms with E-state index in [0.29, 0.717) is 6.04 Å². The van der Waals surface area contributed by atoms with E-state index in [9.17, 15) is 0 Å². The van der Waals surface area contributed by atoms with E-state index < -0.39 is 0 Å². The molecule has 2 fully saturated rings. The first kappa shape index (κ1) is 14.3. The lowest BCUT2D eigenvalue weighted by molar-refractivity contribution is 0.0722. The third-order valence-corrected chi connectivity index (χ3v) is 5.64. The number of hydrogen-bond acceptors (Lipinski definition) is 2. The zero-order chi connectivity index (χ0) is 13.3. The van der Waals surface area contributed by atoms with Crippen LogP contribution < -0.4 is 5.32 Å². The topological polar surface area (TPSA) is 15.3 Å². The fraction of sp³-hybridized carbons (Fsp3) is 1.00. The Kier molecular flexibility index (Phi) is 4.71. The first-order chi connectivity index (χ1) is 8.54. The van der Waals surface area contributed by atoms with E-state index in [1.54, 1.807) is 0 Å². The Morgan fingerprint density at radius 2 is 1.61 bits per heavy atom. The van der Waals surface area contributed by atoms with Gasteiger partial charge in [0.15, 0.2) is 0 Å². The van der Waals surface area contributed by atoms with Crippen LogP contribution in [-0.2, 0) is 0 Å². The van der Waals surface area contributed by atoms with Crippen LogP contribution in [0.2, 0.25) is 0 Å². The van der Waals surface area contributed by atoms with Gasteiger partial charge in [-0.1, -0.05) is 13.8 Å². The Balaban J connectivity index is 2.00. The Hall–Kier alpha value is -0.0800. The number of hydrogen-bond donors (Lipinski definition) is 1. The quantitative estimate of drug-likeness (QED) is 0.809. The summed E-state index contributed by atoms with van der Waals surface area (Å²) in [6, 6.07) is 2.22. The molecule has 2 aliphatic carbocycles. The van der Waals surface area contributed by atoms with Gasteiger partial charge in [0.05, 0.1) is 0 Å². The van der Waals surface area contributed by atoms with Crippen LogP contribution in [0.5, 0.6) is 0 Å². The molecule has 4 unspecified atom stereocenters. The van der Waals surface area contributed by atoms with E-state index in [4.69, 9.17) is 0 Å². The molecule has 0 aromatic heterocycles. The molecule has 0 bridgehead atoms. The van der Waals surface area contributed by atoms with Crippen molar-refractivity contribution in [2.24, 2.45) is 17.8 Å². The van der Waals surface area contributed by atoms with Crippen molar-refractivity contribution in [3.8, 4) is 0 Å². The van der Waals surface area contributed by atoms with Crippen LogP contribution >= 0.6 is 0 Å². The van der Waals surface area contributed by atoms with Gasteiger partial charge < -0.3 is 5.32 Å². The normalized spacial score (nSPS) is 35.2. The summed E-state index contributed by atoms with van der Waals surface area (Å²) in [7, 11) is 4.50. The fourth-order valence-electron chi connectivity index (χ4n) is 3.78. The summed E-state index contributed by atoms with van der Waals surface area (Å²) in [5.74, 6) is 2.75. The van der Waals surface area contributed by atoms with Crippen LogP contribution in [0.4, 0.5) is 0 Å². The molecular weight excluding hydrogens is 220 g/mol. The third kappa shape index (κ3) is 3.08. The van der Waals surface area contributed by atoms with Crippen molar-refractivity contribution >= 4 is 0 Å². The molecular formula is C16H32N2. The molecule has 0 radical (unpaired) electrons. The van der Waals surface area contributed by atoms with Gasteiger partial charge in [0.1, 0.15) is 0 Å². The lowest BCUT2D eigenvalue weighted by atomic mass is 9.76. The molecule has 0 amide bonds. The summed E-state index contributed by atoms with van der Waals surface area (Å²) in [6.45, 7) is 7.22. The third-order valence-electron chi connectivity index (χ3n) is 5.64. The van der Waals surface area contributed by atoms with Crippen molar-refractivity contribution in [1.29, 1.82) is 0 Å². The maximum absolute atomic E-state index is 3.57. The molecule has 0 saturated heterocycles. The minimum absolute atomic E-state index is 0.700. The van der Waals surface area contributed by atoms with Crippen LogP contribution in [0.15, 0.2) is 0 Å². The van der Waals surface area contributed by atoms with Crippen LogP contribution in [0, 0.1) is 17.8 Å². The Bertz CT molecular complexity index is 260. The molecule has 2 nitrogen and oxygen atoms in total. The van der Waals surface area contributed by atoms with Crippen LogP contribution in [0.3, 0.4) is 0 Å². The summed E-state index contributed by atoms with van der Waals surface area (Å²) in [4.78, 5) is 2.69. The number of nitrogens with zero attached hydrogens (tertiary/aromatic N) is 1. The first-order valence-corrected chi connectivity index (χ1v) is 7.93. The molecule has 2 saturated carbocycles. The second-order valence-corrected chi connectivity index (χ2v) is 7.02. The predicted octanol–water partition coefficient (Wildman–Crippen LogP) is 3.13. The molecule has 2 rings (SSSR count). The summed E-state index contributed by atoms with van der Waals surface area (Å²) in [6.07, 6.45) is 7.06. The van der Waals surface area contributed by atoms with Crippen molar-refractivity contribution in [2.75, 3.05) is 14.1 Å². The highest BCUT2D eigenvalue weighted by Crippen LogP contribution is 2.38. The summed E-state index contributed by atoms with van der Waals surface area (Å²) >= 11 is 0. The second-order valence-electron chi connectivity index (χ2n) is 7.02. The van der Waals surface area contributed by atoms with Crippen LogP contribution in [-0.4, -0.2) is 37.1 Å². The molecule has 106 valence electrons. The number of likely N-dealkylation sites (N-methyl/N-ethyl adjacent to an activating group) is 2. The first-order valence-electron chi connectivity index (χ1n) is 7.93. The molecule has 2 aliphatic rings. The molecule has 1 N–H and O–H groups in total. The van der Waals surface area contributed by atoms with Crippen molar-refractivity contribution < 1.29 is 0 Å². The zero-order valence-electron chi connectivity index (χ0n) is 12.9. The Morgan fingerprint density at radius 3 is 2.11 bits per heavy atom. The van der Waals surface area contributed by atoms with Gasteiger partial charge >= 0.3 is 0 Å². The monoisotopic (exact) mass is 252 g/mol. The lowest BCUT2D eigenvalue weighted by Gasteiger charge is -2.44. The fourth-order valence-corrected chi connectivity index (χ4v) is 3.78. The standard InChI is InChI=1S/C16H32N2/c1-11(2)14-8-9-15(17-4)16(10-14)18(5)12(3)13-6-7-13/h11-17H,6-10H2,1-5H3. The molecule has 4 atom stereocenters. The van der Waals surface area contributed by atoms with Crippen molar-refractivity contribution in [1.82, 2.24) is 10.2 Å². The summed E-state index contributed by atoms with van der Waals surface area (Å²) in [5.41, 5.74) is 0. The molecule has 0 heterocycles. The maximum Gasteiger partial charge on any atom is 0.0251 e. The van der Waals surface area contributed by atoms with Crippen molar-refractivity contribution in [2.45, 2.75) is 71.0 Å². The highest BCUT2D eigenvalue weighted by Gasteiger charge is 2.38. The summed E-state index contributed by atoms with van der Waals surface area (Å²) < 4.78 is 0. The van der Waals surface area contributed by atoms with E-state index >= 15 is 0 Å². The molecule has 18 heavy (non-hydrogen) atoms. The van der Waals surface area contributed by atoms with Crippen molar-refractivity contribution in [3.05, 3.63) is 0 Å². The molecule has 0 aliphatic heterocycles. The average molecular weight is 252 g/mol. The van der Waals surface area contributed by atoms with Crippen molar-refractivity contribution in [3.63, 3.8) is 0 Å². The van der Waals surface area contributed by atoms with E-state index in [1.165, 1.54) is 32.1 Å².